The summed E-state index contributed by atoms with van der Waals surface area (Å²) in [6, 6.07) is 5.41. The Kier molecular flexibility index (Phi) is 4.05. The van der Waals surface area contributed by atoms with Gasteiger partial charge in [-0.05, 0) is 48.9 Å². The maximum atomic E-state index is 12.7. The Bertz CT molecular complexity index is 620. The van der Waals surface area contributed by atoms with Crippen molar-refractivity contribution in [2.75, 3.05) is 13.1 Å². The van der Waals surface area contributed by atoms with Crippen LogP contribution in [0.5, 0.6) is 0 Å². The van der Waals surface area contributed by atoms with Gasteiger partial charge in [0.1, 0.15) is 0 Å². The maximum Gasteiger partial charge on any atom is 0.243 e. The van der Waals surface area contributed by atoms with Gasteiger partial charge in [0.2, 0.25) is 10.0 Å². The van der Waals surface area contributed by atoms with Crippen LogP contribution in [0.2, 0.25) is 0 Å². The Morgan fingerprint density at radius 2 is 1.90 bits per heavy atom. The summed E-state index contributed by atoms with van der Waals surface area (Å²) in [5, 5.41) is 12.8. The number of nitrogens with zero attached hydrogens (tertiary/aromatic N) is 1. The lowest BCUT2D eigenvalue weighted by Crippen LogP contribution is -2.40. The standard InChI is InChI=1S/C15H22N2O3S/c1-11(18)12-4-6-17(7-5-12)21(19,20)15-3-2-13-9-16-10-14(13)8-15/h2-3,8,11-12,16,18H,4-7,9-10H2,1H3. The summed E-state index contributed by atoms with van der Waals surface area (Å²) >= 11 is 0. The van der Waals surface area contributed by atoms with Crippen LogP contribution < -0.4 is 5.32 Å². The van der Waals surface area contributed by atoms with Crippen LogP contribution in [0, 0.1) is 5.92 Å². The van der Waals surface area contributed by atoms with Crippen molar-refractivity contribution in [2.45, 2.75) is 43.9 Å². The van der Waals surface area contributed by atoms with Gasteiger partial charge in [-0.25, -0.2) is 8.42 Å². The van der Waals surface area contributed by atoms with Crippen molar-refractivity contribution < 1.29 is 13.5 Å². The second-order valence-electron chi connectivity index (χ2n) is 6.02. The predicted octanol–water partition coefficient (Wildman–Crippen LogP) is 1.07. The fourth-order valence-corrected chi connectivity index (χ4v) is 4.70. The third-order valence-corrected chi connectivity index (χ3v) is 6.52. The maximum absolute atomic E-state index is 12.7. The SMILES string of the molecule is CC(O)C1CCN(S(=O)(=O)c2ccc3c(c2)CNC3)CC1. The number of fused-ring (bicyclic) bond motifs is 1. The number of sulfonamides is 1. The highest BCUT2D eigenvalue weighted by atomic mass is 32.2. The first-order chi connectivity index (χ1) is 9.98. The third kappa shape index (κ3) is 2.85. The molecular weight excluding hydrogens is 288 g/mol. The second kappa shape index (κ2) is 5.68. The van der Waals surface area contributed by atoms with E-state index in [1.807, 2.05) is 6.07 Å². The summed E-state index contributed by atoms with van der Waals surface area (Å²) in [4.78, 5) is 0.389. The summed E-state index contributed by atoms with van der Waals surface area (Å²) in [5.41, 5.74) is 2.26. The van der Waals surface area contributed by atoms with Crippen LogP contribution in [-0.4, -0.2) is 37.0 Å². The summed E-state index contributed by atoms with van der Waals surface area (Å²) in [6.45, 7) is 4.32. The number of aliphatic hydroxyl groups is 1. The van der Waals surface area contributed by atoms with Crippen molar-refractivity contribution >= 4 is 10.0 Å². The van der Waals surface area contributed by atoms with Gasteiger partial charge in [0.05, 0.1) is 11.0 Å². The Labute approximate surface area is 126 Å². The molecule has 1 aromatic carbocycles. The van der Waals surface area contributed by atoms with E-state index in [1.165, 1.54) is 5.56 Å². The lowest BCUT2D eigenvalue weighted by atomic mass is 9.93. The molecule has 0 aliphatic carbocycles. The van der Waals surface area contributed by atoms with Gasteiger partial charge in [0.25, 0.3) is 0 Å². The van der Waals surface area contributed by atoms with Crippen LogP contribution in [-0.2, 0) is 23.1 Å². The zero-order valence-electron chi connectivity index (χ0n) is 12.2. The average Bonchev–Trinajstić information content (AvgIpc) is 2.94. The molecule has 2 aliphatic rings. The molecule has 0 saturated carbocycles. The molecule has 1 atom stereocenters. The number of hydrogen-bond acceptors (Lipinski definition) is 4. The van der Waals surface area contributed by atoms with E-state index in [2.05, 4.69) is 5.32 Å². The topological polar surface area (TPSA) is 69.6 Å². The molecule has 2 N–H and O–H groups in total. The number of aliphatic hydroxyl groups excluding tert-OH is 1. The van der Waals surface area contributed by atoms with Gasteiger partial charge in [-0.2, -0.15) is 4.31 Å². The van der Waals surface area contributed by atoms with Gasteiger partial charge in [-0.15, -0.1) is 0 Å². The average molecular weight is 310 g/mol. The monoisotopic (exact) mass is 310 g/mol. The molecule has 0 spiro atoms. The molecule has 116 valence electrons. The lowest BCUT2D eigenvalue weighted by molar-refractivity contribution is 0.0912. The van der Waals surface area contributed by atoms with E-state index in [9.17, 15) is 13.5 Å². The molecule has 5 nitrogen and oxygen atoms in total. The van der Waals surface area contributed by atoms with Gasteiger partial charge in [0.15, 0.2) is 0 Å². The molecule has 21 heavy (non-hydrogen) atoms. The first kappa shape index (κ1) is 15.0. The van der Waals surface area contributed by atoms with Gasteiger partial charge in [-0.1, -0.05) is 6.07 Å². The highest BCUT2D eigenvalue weighted by Gasteiger charge is 2.31. The van der Waals surface area contributed by atoms with E-state index >= 15 is 0 Å². The molecule has 1 unspecified atom stereocenters. The Hall–Kier alpha value is -0.950. The van der Waals surface area contributed by atoms with E-state index < -0.39 is 10.0 Å². The molecule has 0 bridgehead atoms. The van der Waals surface area contributed by atoms with Crippen LogP contribution in [0.15, 0.2) is 23.1 Å². The quantitative estimate of drug-likeness (QED) is 0.876. The van der Waals surface area contributed by atoms with Gasteiger partial charge in [0, 0.05) is 26.2 Å². The molecule has 1 fully saturated rings. The molecule has 1 saturated heterocycles. The number of benzene rings is 1. The molecule has 6 heteroatoms. The van der Waals surface area contributed by atoms with E-state index in [-0.39, 0.29) is 12.0 Å². The van der Waals surface area contributed by atoms with Crippen molar-refractivity contribution in [1.82, 2.24) is 9.62 Å². The third-order valence-electron chi connectivity index (χ3n) is 4.63. The zero-order valence-corrected chi connectivity index (χ0v) is 13.1. The van der Waals surface area contributed by atoms with Crippen molar-refractivity contribution in [2.24, 2.45) is 5.92 Å². The molecule has 0 aromatic heterocycles. The second-order valence-corrected chi connectivity index (χ2v) is 7.95. The summed E-state index contributed by atoms with van der Waals surface area (Å²) < 4.78 is 27.0. The Morgan fingerprint density at radius 3 is 2.57 bits per heavy atom. The van der Waals surface area contributed by atoms with Crippen LogP contribution in [0.1, 0.15) is 30.9 Å². The first-order valence-electron chi connectivity index (χ1n) is 7.49. The smallest absolute Gasteiger partial charge is 0.243 e. The van der Waals surface area contributed by atoms with Crippen molar-refractivity contribution in [3.8, 4) is 0 Å². The normalized spacial score (nSPS) is 22.2. The Morgan fingerprint density at radius 1 is 1.24 bits per heavy atom. The molecule has 0 amide bonds. The summed E-state index contributed by atoms with van der Waals surface area (Å²) in [5.74, 6) is 0.209. The number of piperidine rings is 1. The molecule has 2 aliphatic heterocycles. The van der Waals surface area contributed by atoms with Gasteiger partial charge >= 0.3 is 0 Å². The summed E-state index contributed by atoms with van der Waals surface area (Å²) in [6.07, 6.45) is 1.09. The Balaban J connectivity index is 1.78. The lowest BCUT2D eigenvalue weighted by Gasteiger charge is -2.32. The van der Waals surface area contributed by atoms with Crippen molar-refractivity contribution in [1.29, 1.82) is 0 Å². The van der Waals surface area contributed by atoms with Crippen molar-refractivity contribution in [3.63, 3.8) is 0 Å². The molecular formula is C15H22N2O3S. The van der Waals surface area contributed by atoms with Crippen molar-refractivity contribution in [3.05, 3.63) is 29.3 Å². The molecule has 0 radical (unpaired) electrons. The predicted molar refractivity (Wildman–Crippen MR) is 80.1 cm³/mol. The fourth-order valence-electron chi connectivity index (χ4n) is 3.18. The van der Waals surface area contributed by atoms with Crippen LogP contribution in [0.25, 0.3) is 0 Å². The minimum absolute atomic E-state index is 0.209. The molecule has 3 rings (SSSR count). The van der Waals surface area contributed by atoms with E-state index in [0.717, 1.165) is 31.5 Å². The molecule has 1 aromatic rings. The largest absolute Gasteiger partial charge is 0.393 e. The molecule has 2 heterocycles. The fraction of sp³-hybridized carbons (Fsp3) is 0.600. The van der Waals surface area contributed by atoms with Gasteiger partial charge in [-0.3, -0.25) is 0 Å². The van der Waals surface area contributed by atoms with Crippen LogP contribution in [0.4, 0.5) is 0 Å². The van der Waals surface area contributed by atoms with E-state index in [4.69, 9.17) is 0 Å². The number of hydrogen-bond donors (Lipinski definition) is 2. The van der Waals surface area contributed by atoms with E-state index in [0.29, 0.717) is 18.0 Å². The number of nitrogens with one attached hydrogen (secondary N) is 1. The van der Waals surface area contributed by atoms with Crippen LogP contribution >= 0.6 is 0 Å². The van der Waals surface area contributed by atoms with E-state index in [1.54, 1.807) is 23.4 Å². The number of rotatable bonds is 3. The minimum atomic E-state index is -3.41. The highest BCUT2D eigenvalue weighted by Crippen LogP contribution is 2.27. The summed E-state index contributed by atoms with van der Waals surface area (Å²) in [7, 11) is -3.41. The van der Waals surface area contributed by atoms with Gasteiger partial charge < -0.3 is 10.4 Å². The van der Waals surface area contributed by atoms with Crippen LogP contribution in [0.3, 0.4) is 0 Å². The zero-order chi connectivity index (χ0) is 15.0. The highest BCUT2D eigenvalue weighted by molar-refractivity contribution is 7.89. The first-order valence-corrected chi connectivity index (χ1v) is 8.93. The minimum Gasteiger partial charge on any atom is -0.393 e.